The third-order valence-corrected chi connectivity index (χ3v) is 5.78. The topological polar surface area (TPSA) is 80.1 Å². The highest BCUT2D eigenvalue weighted by atomic mass is 35.5. The molecule has 2 heterocycles. The second kappa shape index (κ2) is 8.91. The van der Waals surface area contributed by atoms with Gasteiger partial charge in [0.2, 0.25) is 0 Å². The van der Waals surface area contributed by atoms with Crippen molar-refractivity contribution in [2.75, 3.05) is 33.3 Å². The number of nitrogens with zero attached hydrogens (tertiary/aromatic N) is 2. The summed E-state index contributed by atoms with van der Waals surface area (Å²) in [6.45, 7) is 1.61. The molecule has 2 aromatic carbocycles. The minimum absolute atomic E-state index is 0.00720. The van der Waals surface area contributed by atoms with E-state index in [2.05, 4.69) is 0 Å². The van der Waals surface area contributed by atoms with Crippen LogP contribution in [-0.4, -0.2) is 55.0 Å². The molecule has 0 N–H and O–H groups in total. The van der Waals surface area contributed by atoms with Crippen molar-refractivity contribution in [2.24, 2.45) is 0 Å². The summed E-state index contributed by atoms with van der Waals surface area (Å²) in [6.07, 6.45) is 0. The van der Waals surface area contributed by atoms with E-state index in [4.69, 9.17) is 20.8 Å². The summed E-state index contributed by atoms with van der Waals surface area (Å²) >= 11 is 6.32. The molecule has 1 aliphatic heterocycles. The summed E-state index contributed by atoms with van der Waals surface area (Å²) in [7, 11) is 1.34. The van der Waals surface area contributed by atoms with Crippen molar-refractivity contribution in [1.29, 1.82) is 0 Å². The molecule has 1 aliphatic rings. The molecule has 1 saturated heterocycles. The van der Waals surface area contributed by atoms with Crippen LogP contribution < -0.4 is 5.43 Å². The predicted octanol–water partition coefficient (Wildman–Crippen LogP) is 3.12. The number of para-hydroxylation sites is 1. The van der Waals surface area contributed by atoms with Crippen LogP contribution in [0.3, 0.4) is 0 Å². The van der Waals surface area contributed by atoms with Crippen LogP contribution in [0, 0.1) is 0 Å². The lowest BCUT2D eigenvalue weighted by molar-refractivity contribution is -0.148. The Labute approximate surface area is 183 Å². The highest BCUT2D eigenvalue weighted by molar-refractivity contribution is 6.31. The van der Waals surface area contributed by atoms with Gasteiger partial charge in [0.25, 0.3) is 5.91 Å². The molecule has 1 amide bonds. The average Bonchev–Trinajstić information content (AvgIpc) is 2.80. The van der Waals surface area contributed by atoms with Crippen molar-refractivity contribution >= 4 is 34.4 Å². The third kappa shape index (κ3) is 4.19. The number of hydrogen-bond donors (Lipinski definition) is 0. The Kier molecular flexibility index (Phi) is 6.06. The van der Waals surface area contributed by atoms with Gasteiger partial charge in [0.15, 0.2) is 11.2 Å². The predicted molar refractivity (Wildman–Crippen MR) is 116 cm³/mol. The van der Waals surface area contributed by atoms with Crippen LogP contribution in [0.2, 0.25) is 5.02 Å². The number of amides is 1. The fraction of sp³-hybridized carbons (Fsp3) is 0.261. The summed E-state index contributed by atoms with van der Waals surface area (Å²) in [4.78, 5) is 41.3. The number of fused-ring (bicyclic) bond motifs is 1. The van der Waals surface area contributed by atoms with Gasteiger partial charge < -0.3 is 14.1 Å². The zero-order valence-corrected chi connectivity index (χ0v) is 17.7. The molecule has 3 aromatic rings. The molecule has 1 atom stereocenters. The molecule has 0 saturated carbocycles. The number of rotatable bonds is 4. The quantitative estimate of drug-likeness (QED) is 0.580. The molecule has 4 rings (SSSR count). The molecule has 8 heteroatoms. The first-order valence-electron chi connectivity index (χ1n) is 9.88. The number of halogens is 1. The summed E-state index contributed by atoms with van der Waals surface area (Å²) in [5, 5.41) is 0.916. The Morgan fingerprint density at radius 3 is 2.42 bits per heavy atom. The fourth-order valence-electron chi connectivity index (χ4n) is 3.83. The van der Waals surface area contributed by atoms with E-state index < -0.39 is 12.0 Å². The Morgan fingerprint density at radius 1 is 1.03 bits per heavy atom. The zero-order chi connectivity index (χ0) is 22.0. The lowest BCUT2D eigenvalue weighted by atomic mass is 10.0. The van der Waals surface area contributed by atoms with Gasteiger partial charge in [-0.2, -0.15) is 0 Å². The van der Waals surface area contributed by atoms with Crippen LogP contribution in [0.15, 0.2) is 63.8 Å². The SMILES string of the molecule is COC(=O)[C@H](c1ccccc1Cl)N1CCN(C(=O)c2cc(=O)c3ccccc3o2)CC1. The number of ether oxygens (including phenoxy) is 1. The molecule has 0 aliphatic carbocycles. The maximum Gasteiger partial charge on any atom is 0.327 e. The number of hydrogen-bond acceptors (Lipinski definition) is 6. The standard InChI is InChI=1S/C23H21ClN2O5/c1-30-23(29)21(15-6-2-4-8-17(15)24)25-10-12-26(13-11-25)22(28)20-14-18(27)16-7-3-5-9-19(16)31-20/h2-9,14,21H,10-13H2,1H3/t21-/m0/s1. The zero-order valence-electron chi connectivity index (χ0n) is 16.9. The molecule has 0 unspecified atom stereocenters. The van der Waals surface area contributed by atoms with Crippen LogP contribution in [0.1, 0.15) is 22.2 Å². The van der Waals surface area contributed by atoms with E-state index in [1.54, 1.807) is 47.4 Å². The summed E-state index contributed by atoms with van der Waals surface area (Å²) in [5.41, 5.74) is 0.783. The molecule has 0 spiro atoms. The van der Waals surface area contributed by atoms with E-state index in [9.17, 15) is 14.4 Å². The first kappa shape index (κ1) is 21.1. The molecule has 0 bridgehead atoms. The van der Waals surface area contributed by atoms with Crippen LogP contribution >= 0.6 is 11.6 Å². The van der Waals surface area contributed by atoms with Gasteiger partial charge in [0, 0.05) is 37.3 Å². The van der Waals surface area contributed by atoms with Gasteiger partial charge in [-0.05, 0) is 23.8 Å². The Morgan fingerprint density at radius 2 is 1.71 bits per heavy atom. The van der Waals surface area contributed by atoms with Crippen LogP contribution in [0.5, 0.6) is 0 Å². The second-order valence-electron chi connectivity index (χ2n) is 7.25. The van der Waals surface area contributed by atoms with Gasteiger partial charge in [-0.3, -0.25) is 14.5 Å². The number of carbonyl (C=O) groups excluding carboxylic acids is 2. The van der Waals surface area contributed by atoms with Crippen LogP contribution in [0.25, 0.3) is 11.0 Å². The molecule has 7 nitrogen and oxygen atoms in total. The highest BCUT2D eigenvalue weighted by Crippen LogP contribution is 2.29. The maximum absolute atomic E-state index is 12.9. The first-order chi connectivity index (χ1) is 15.0. The molecule has 1 fully saturated rings. The van der Waals surface area contributed by atoms with E-state index in [1.165, 1.54) is 13.2 Å². The van der Waals surface area contributed by atoms with Crippen molar-refractivity contribution in [2.45, 2.75) is 6.04 Å². The van der Waals surface area contributed by atoms with Crippen molar-refractivity contribution in [3.63, 3.8) is 0 Å². The van der Waals surface area contributed by atoms with Gasteiger partial charge in [-0.1, -0.05) is 41.9 Å². The van der Waals surface area contributed by atoms with E-state index in [0.717, 1.165) is 0 Å². The summed E-state index contributed by atoms with van der Waals surface area (Å²) < 4.78 is 10.7. The number of benzene rings is 2. The molecule has 160 valence electrons. The molecular weight excluding hydrogens is 420 g/mol. The second-order valence-corrected chi connectivity index (χ2v) is 7.65. The number of esters is 1. The number of methoxy groups -OCH3 is 1. The monoisotopic (exact) mass is 440 g/mol. The van der Waals surface area contributed by atoms with Gasteiger partial charge in [-0.15, -0.1) is 0 Å². The van der Waals surface area contributed by atoms with Gasteiger partial charge in [0.1, 0.15) is 11.6 Å². The minimum Gasteiger partial charge on any atom is -0.468 e. The number of piperazine rings is 1. The van der Waals surface area contributed by atoms with Crippen molar-refractivity contribution in [1.82, 2.24) is 9.80 Å². The van der Waals surface area contributed by atoms with E-state index in [-0.39, 0.29) is 17.1 Å². The Balaban J connectivity index is 1.52. The van der Waals surface area contributed by atoms with Crippen LogP contribution in [0.4, 0.5) is 0 Å². The molecular formula is C23H21ClN2O5. The average molecular weight is 441 g/mol. The van der Waals surface area contributed by atoms with E-state index in [1.807, 2.05) is 11.0 Å². The largest absolute Gasteiger partial charge is 0.468 e. The van der Waals surface area contributed by atoms with E-state index in [0.29, 0.717) is 47.7 Å². The van der Waals surface area contributed by atoms with Gasteiger partial charge in [-0.25, -0.2) is 4.79 Å². The molecule has 0 radical (unpaired) electrons. The first-order valence-corrected chi connectivity index (χ1v) is 10.3. The van der Waals surface area contributed by atoms with Crippen molar-refractivity contribution < 1.29 is 18.7 Å². The normalized spacial score (nSPS) is 15.6. The van der Waals surface area contributed by atoms with Gasteiger partial charge in [0.05, 0.1) is 12.5 Å². The van der Waals surface area contributed by atoms with Crippen LogP contribution in [-0.2, 0) is 9.53 Å². The lowest BCUT2D eigenvalue weighted by Gasteiger charge is -2.38. The van der Waals surface area contributed by atoms with Crippen molar-refractivity contribution in [3.8, 4) is 0 Å². The van der Waals surface area contributed by atoms with Crippen molar-refractivity contribution in [3.05, 3.63) is 81.2 Å². The maximum atomic E-state index is 12.9. The smallest absolute Gasteiger partial charge is 0.327 e. The Hall–Kier alpha value is -3.16. The highest BCUT2D eigenvalue weighted by Gasteiger charge is 2.34. The molecule has 31 heavy (non-hydrogen) atoms. The number of carbonyl (C=O) groups is 2. The summed E-state index contributed by atoms with van der Waals surface area (Å²) in [6, 6.07) is 14.5. The lowest BCUT2D eigenvalue weighted by Crippen LogP contribution is -2.51. The minimum atomic E-state index is -0.658. The Bertz CT molecular complexity index is 1180. The van der Waals surface area contributed by atoms with E-state index >= 15 is 0 Å². The summed E-state index contributed by atoms with van der Waals surface area (Å²) in [5.74, 6) is -0.754. The van der Waals surface area contributed by atoms with Gasteiger partial charge >= 0.3 is 5.97 Å². The fourth-order valence-corrected chi connectivity index (χ4v) is 4.07. The third-order valence-electron chi connectivity index (χ3n) is 5.44. The molecule has 1 aromatic heterocycles.